The van der Waals surface area contributed by atoms with Crippen molar-refractivity contribution in [3.63, 3.8) is 0 Å². The molecule has 1 aliphatic rings. The molecule has 6 heteroatoms. The van der Waals surface area contributed by atoms with Gasteiger partial charge >= 0.3 is 0 Å². The molecule has 0 spiro atoms. The first-order chi connectivity index (χ1) is 10.2. The molecule has 0 amide bonds. The van der Waals surface area contributed by atoms with Gasteiger partial charge in [-0.15, -0.1) is 0 Å². The molecule has 3 rings (SSSR count). The van der Waals surface area contributed by atoms with E-state index in [4.69, 9.17) is 5.84 Å². The number of hydrazine groups is 1. The summed E-state index contributed by atoms with van der Waals surface area (Å²) in [4.78, 5) is 13.6. The zero-order chi connectivity index (χ0) is 14.8. The van der Waals surface area contributed by atoms with Crippen LogP contribution in [0.15, 0.2) is 24.3 Å². The van der Waals surface area contributed by atoms with Crippen LogP contribution in [0.4, 0.5) is 11.8 Å². The summed E-state index contributed by atoms with van der Waals surface area (Å²) in [6.45, 7) is 2.25. The number of aromatic nitrogens is 2. The van der Waals surface area contributed by atoms with Gasteiger partial charge in [-0.1, -0.05) is 12.1 Å². The van der Waals surface area contributed by atoms with Crippen molar-refractivity contribution >= 4 is 22.7 Å². The molecule has 2 aromatic rings. The molecule has 2 heterocycles. The highest BCUT2D eigenvalue weighted by Crippen LogP contribution is 2.28. The van der Waals surface area contributed by atoms with E-state index in [-0.39, 0.29) is 0 Å². The van der Waals surface area contributed by atoms with E-state index in [0.717, 1.165) is 42.7 Å². The molecule has 1 aliphatic heterocycles. The normalized spacial score (nSPS) is 17.1. The lowest BCUT2D eigenvalue weighted by Gasteiger charge is -2.36. The zero-order valence-electron chi connectivity index (χ0n) is 12.6. The summed E-state index contributed by atoms with van der Waals surface area (Å²) in [5.41, 5.74) is 3.48. The highest BCUT2D eigenvalue weighted by molar-refractivity contribution is 5.90. The van der Waals surface area contributed by atoms with Crippen LogP contribution < -0.4 is 16.2 Å². The van der Waals surface area contributed by atoms with E-state index in [2.05, 4.69) is 45.4 Å². The number of benzene rings is 1. The number of piperidine rings is 1. The zero-order valence-corrected chi connectivity index (χ0v) is 12.6. The van der Waals surface area contributed by atoms with Gasteiger partial charge in [-0.2, -0.15) is 4.98 Å². The van der Waals surface area contributed by atoms with Crippen LogP contribution in [0.3, 0.4) is 0 Å². The molecule has 1 saturated heterocycles. The van der Waals surface area contributed by atoms with Gasteiger partial charge in [-0.05, 0) is 45.1 Å². The highest BCUT2D eigenvalue weighted by atomic mass is 15.3. The minimum Gasteiger partial charge on any atom is -0.356 e. The number of nitrogen functional groups attached to an aromatic ring is 1. The van der Waals surface area contributed by atoms with Crippen molar-refractivity contribution in [2.45, 2.75) is 18.9 Å². The minimum absolute atomic E-state index is 0.462. The van der Waals surface area contributed by atoms with E-state index in [9.17, 15) is 0 Å². The van der Waals surface area contributed by atoms with Crippen molar-refractivity contribution in [2.24, 2.45) is 5.84 Å². The fourth-order valence-electron chi connectivity index (χ4n) is 2.95. The van der Waals surface area contributed by atoms with Crippen molar-refractivity contribution in [3.05, 3.63) is 24.3 Å². The second-order valence-electron chi connectivity index (χ2n) is 5.68. The van der Waals surface area contributed by atoms with Gasteiger partial charge in [0.2, 0.25) is 5.95 Å². The first-order valence-corrected chi connectivity index (χ1v) is 7.34. The molecule has 0 bridgehead atoms. The van der Waals surface area contributed by atoms with Gasteiger partial charge in [-0.3, -0.25) is 5.43 Å². The summed E-state index contributed by atoms with van der Waals surface area (Å²) in [5, 5.41) is 1.07. The predicted molar refractivity (Wildman–Crippen MR) is 86.3 cm³/mol. The maximum atomic E-state index is 5.51. The van der Waals surface area contributed by atoms with Crippen LogP contribution in [0.1, 0.15) is 12.8 Å². The van der Waals surface area contributed by atoms with Gasteiger partial charge < -0.3 is 9.80 Å². The minimum atomic E-state index is 0.462. The quantitative estimate of drug-likeness (QED) is 0.657. The van der Waals surface area contributed by atoms with Crippen molar-refractivity contribution in [1.82, 2.24) is 14.9 Å². The summed E-state index contributed by atoms with van der Waals surface area (Å²) in [7, 11) is 4.29. The fourth-order valence-corrected chi connectivity index (χ4v) is 2.95. The summed E-state index contributed by atoms with van der Waals surface area (Å²) in [6.07, 6.45) is 2.30. The van der Waals surface area contributed by atoms with Crippen molar-refractivity contribution in [3.8, 4) is 0 Å². The van der Waals surface area contributed by atoms with E-state index >= 15 is 0 Å². The van der Waals surface area contributed by atoms with E-state index in [0.29, 0.717) is 12.0 Å². The van der Waals surface area contributed by atoms with Gasteiger partial charge in [0.05, 0.1) is 5.52 Å². The molecule has 1 aromatic carbocycles. The second-order valence-corrected chi connectivity index (χ2v) is 5.68. The smallest absolute Gasteiger partial charge is 0.239 e. The predicted octanol–water partition coefficient (Wildman–Crippen LogP) is 1.45. The lowest BCUT2D eigenvalue weighted by atomic mass is 10.0. The average molecular weight is 286 g/mol. The molecule has 21 heavy (non-hydrogen) atoms. The Hall–Kier alpha value is -1.92. The van der Waals surface area contributed by atoms with Gasteiger partial charge in [0.15, 0.2) is 0 Å². The van der Waals surface area contributed by atoms with E-state index in [1.165, 1.54) is 0 Å². The third-order valence-electron chi connectivity index (χ3n) is 4.28. The maximum Gasteiger partial charge on any atom is 0.239 e. The Labute approximate surface area is 124 Å². The van der Waals surface area contributed by atoms with Crippen molar-refractivity contribution in [2.75, 3.05) is 37.5 Å². The summed E-state index contributed by atoms with van der Waals surface area (Å²) < 4.78 is 0. The van der Waals surface area contributed by atoms with Gasteiger partial charge in [0.25, 0.3) is 0 Å². The molecule has 6 nitrogen and oxygen atoms in total. The highest BCUT2D eigenvalue weighted by Gasteiger charge is 2.23. The molecule has 0 atom stereocenters. The van der Waals surface area contributed by atoms with Crippen LogP contribution in [0, 0.1) is 0 Å². The largest absolute Gasteiger partial charge is 0.356 e. The standard InChI is InChI=1S/C15H22N6/c1-20-9-7-11(8-10-20)21(2)14-12-5-3-4-6-13(12)17-15(18-14)19-16/h3-6,11H,7-10,16H2,1-2H3,(H,17,18,19). The number of hydrogen-bond acceptors (Lipinski definition) is 6. The van der Waals surface area contributed by atoms with E-state index in [1.54, 1.807) is 0 Å². The Morgan fingerprint density at radius 2 is 1.95 bits per heavy atom. The number of likely N-dealkylation sites (tertiary alicyclic amines) is 1. The Bertz CT molecular complexity index is 621. The molecule has 0 saturated carbocycles. The lowest BCUT2D eigenvalue weighted by molar-refractivity contribution is 0.252. The number of anilines is 2. The monoisotopic (exact) mass is 286 g/mol. The molecule has 1 aromatic heterocycles. The number of nitrogens with two attached hydrogens (primary N) is 1. The van der Waals surface area contributed by atoms with Crippen LogP contribution in [-0.2, 0) is 0 Å². The lowest BCUT2D eigenvalue weighted by Crippen LogP contribution is -2.42. The van der Waals surface area contributed by atoms with Crippen LogP contribution in [0.2, 0.25) is 0 Å². The topological polar surface area (TPSA) is 70.3 Å². The number of para-hydroxylation sites is 1. The SMILES string of the molecule is CN1CCC(N(C)c2nc(NN)nc3ccccc23)CC1. The molecule has 1 fully saturated rings. The Morgan fingerprint density at radius 1 is 1.24 bits per heavy atom. The van der Waals surface area contributed by atoms with Crippen molar-refractivity contribution in [1.29, 1.82) is 0 Å². The molecular weight excluding hydrogens is 264 g/mol. The van der Waals surface area contributed by atoms with Crippen LogP contribution in [0.5, 0.6) is 0 Å². The first-order valence-electron chi connectivity index (χ1n) is 7.34. The summed E-state index contributed by atoms with van der Waals surface area (Å²) >= 11 is 0. The van der Waals surface area contributed by atoms with Crippen LogP contribution in [0.25, 0.3) is 10.9 Å². The molecule has 0 radical (unpaired) electrons. The van der Waals surface area contributed by atoms with Crippen molar-refractivity contribution < 1.29 is 0 Å². The number of nitrogens with zero attached hydrogens (tertiary/aromatic N) is 4. The third kappa shape index (κ3) is 2.77. The molecule has 0 aliphatic carbocycles. The van der Waals surface area contributed by atoms with Crippen LogP contribution >= 0.6 is 0 Å². The number of nitrogens with one attached hydrogen (secondary N) is 1. The third-order valence-corrected chi connectivity index (χ3v) is 4.28. The molecule has 3 N–H and O–H groups in total. The van der Waals surface area contributed by atoms with Gasteiger partial charge in [0.1, 0.15) is 5.82 Å². The number of fused-ring (bicyclic) bond motifs is 1. The second kappa shape index (κ2) is 5.83. The van der Waals surface area contributed by atoms with E-state index < -0.39 is 0 Å². The maximum absolute atomic E-state index is 5.51. The van der Waals surface area contributed by atoms with Gasteiger partial charge in [-0.25, -0.2) is 10.8 Å². The number of rotatable bonds is 3. The van der Waals surface area contributed by atoms with E-state index in [1.807, 2.05) is 18.2 Å². The fraction of sp³-hybridized carbons (Fsp3) is 0.467. The summed E-state index contributed by atoms with van der Waals surface area (Å²) in [5.74, 6) is 6.92. The molecular formula is C15H22N6. The van der Waals surface area contributed by atoms with Crippen LogP contribution in [-0.4, -0.2) is 48.1 Å². The Morgan fingerprint density at radius 3 is 2.67 bits per heavy atom. The Kier molecular flexibility index (Phi) is 3.90. The van der Waals surface area contributed by atoms with Gasteiger partial charge in [0, 0.05) is 18.5 Å². The average Bonchev–Trinajstić information content (AvgIpc) is 2.53. The Balaban J connectivity index is 1.98. The first kappa shape index (κ1) is 14.0. The summed E-state index contributed by atoms with van der Waals surface area (Å²) in [6, 6.07) is 8.56. The number of hydrogen-bond donors (Lipinski definition) is 2. The molecule has 112 valence electrons. The molecule has 0 unspecified atom stereocenters.